The third-order valence-electron chi connectivity index (χ3n) is 3.80. The Balaban J connectivity index is 1.76. The fourth-order valence-electron chi connectivity index (χ4n) is 2.43. The fourth-order valence-corrected chi connectivity index (χ4v) is 2.99. The number of carbonyl (C=O) groups excluding carboxylic acids is 1. The van der Waals surface area contributed by atoms with Crippen molar-refractivity contribution in [1.29, 1.82) is 0 Å². The van der Waals surface area contributed by atoms with Crippen LogP contribution in [0.5, 0.6) is 0 Å². The normalized spacial score (nSPS) is 11.0. The van der Waals surface area contributed by atoms with Crippen molar-refractivity contribution in [2.24, 2.45) is 0 Å². The average Bonchev–Trinajstić information content (AvgIpc) is 3.13. The van der Waals surface area contributed by atoms with Gasteiger partial charge >= 0.3 is 0 Å². The Kier molecular flexibility index (Phi) is 5.55. The molecule has 0 spiro atoms. The van der Waals surface area contributed by atoms with Gasteiger partial charge in [-0.25, -0.2) is 0 Å². The SMILES string of the molecule is CCn1cc(Cl)c(C(=O)Nc2cc(C)n(Cc3ccc(Cl)c(Cl)c3)n2)n1. The molecule has 0 unspecified atom stereocenters. The lowest BCUT2D eigenvalue weighted by molar-refractivity contribution is 0.102. The Bertz CT molecular complexity index is 963. The second-order valence-corrected chi connectivity index (χ2v) is 6.93. The van der Waals surface area contributed by atoms with Crippen LogP contribution in [0, 0.1) is 6.92 Å². The van der Waals surface area contributed by atoms with Crippen LogP contribution in [0.25, 0.3) is 0 Å². The molecule has 0 aliphatic carbocycles. The maximum atomic E-state index is 12.4. The van der Waals surface area contributed by atoms with E-state index < -0.39 is 5.91 Å². The molecule has 1 amide bonds. The lowest BCUT2D eigenvalue weighted by Gasteiger charge is -2.06. The maximum absolute atomic E-state index is 12.4. The molecule has 3 aromatic rings. The van der Waals surface area contributed by atoms with Crippen molar-refractivity contribution in [2.75, 3.05) is 5.32 Å². The number of nitrogens with one attached hydrogen (secondary N) is 1. The second-order valence-electron chi connectivity index (χ2n) is 5.71. The zero-order valence-corrected chi connectivity index (χ0v) is 16.4. The highest BCUT2D eigenvalue weighted by Crippen LogP contribution is 2.23. The van der Waals surface area contributed by atoms with Crippen LogP contribution in [0.1, 0.15) is 28.7 Å². The van der Waals surface area contributed by atoms with Gasteiger partial charge in [0.25, 0.3) is 5.91 Å². The Hall–Kier alpha value is -2.02. The molecule has 9 heteroatoms. The number of nitrogens with zero attached hydrogens (tertiary/aromatic N) is 4. The smallest absolute Gasteiger partial charge is 0.278 e. The summed E-state index contributed by atoms with van der Waals surface area (Å²) in [5.41, 5.74) is 2.01. The van der Waals surface area contributed by atoms with Gasteiger partial charge in [0.05, 0.1) is 21.6 Å². The highest BCUT2D eigenvalue weighted by Gasteiger charge is 2.17. The first-order valence-electron chi connectivity index (χ1n) is 7.90. The molecule has 1 N–H and O–H groups in total. The number of amides is 1. The molecule has 0 atom stereocenters. The number of anilines is 1. The molecule has 0 aliphatic rings. The van der Waals surface area contributed by atoms with E-state index in [0.717, 1.165) is 11.3 Å². The third-order valence-corrected chi connectivity index (χ3v) is 4.81. The Labute approximate surface area is 165 Å². The quantitative estimate of drug-likeness (QED) is 0.662. The summed E-state index contributed by atoms with van der Waals surface area (Å²) in [7, 11) is 0. The molecule has 26 heavy (non-hydrogen) atoms. The van der Waals surface area contributed by atoms with E-state index in [1.165, 1.54) is 0 Å². The van der Waals surface area contributed by atoms with Gasteiger partial charge in [-0.05, 0) is 31.5 Å². The van der Waals surface area contributed by atoms with Gasteiger partial charge in [0, 0.05) is 24.5 Å². The van der Waals surface area contributed by atoms with E-state index in [0.29, 0.717) is 34.0 Å². The van der Waals surface area contributed by atoms with Crippen molar-refractivity contribution in [1.82, 2.24) is 19.6 Å². The minimum absolute atomic E-state index is 0.171. The average molecular weight is 413 g/mol. The first-order valence-corrected chi connectivity index (χ1v) is 9.03. The highest BCUT2D eigenvalue weighted by atomic mass is 35.5. The number of halogens is 3. The summed E-state index contributed by atoms with van der Waals surface area (Å²) >= 11 is 18.1. The Morgan fingerprint density at radius 2 is 1.88 bits per heavy atom. The third kappa shape index (κ3) is 4.03. The van der Waals surface area contributed by atoms with Gasteiger partial charge in [0.2, 0.25) is 0 Å². The molecule has 0 radical (unpaired) electrons. The first-order chi connectivity index (χ1) is 12.4. The molecule has 2 heterocycles. The summed E-state index contributed by atoms with van der Waals surface area (Å²) in [6.45, 7) is 4.95. The van der Waals surface area contributed by atoms with Gasteiger partial charge in [-0.1, -0.05) is 40.9 Å². The maximum Gasteiger partial charge on any atom is 0.278 e. The van der Waals surface area contributed by atoms with Gasteiger partial charge in [-0.2, -0.15) is 10.2 Å². The van der Waals surface area contributed by atoms with Crippen LogP contribution >= 0.6 is 34.8 Å². The molecule has 1 aromatic carbocycles. The van der Waals surface area contributed by atoms with Crippen molar-refractivity contribution in [3.63, 3.8) is 0 Å². The molecule has 136 valence electrons. The lowest BCUT2D eigenvalue weighted by atomic mass is 10.2. The number of carbonyl (C=O) groups is 1. The van der Waals surface area contributed by atoms with Crippen molar-refractivity contribution in [2.45, 2.75) is 26.9 Å². The number of aromatic nitrogens is 4. The number of hydrogen-bond donors (Lipinski definition) is 1. The number of benzene rings is 1. The van der Waals surface area contributed by atoms with Gasteiger partial charge in [0.1, 0.15) is 0 Å². The molecule has 3 rings (SSSR count). The van der Waals surface area contributed by atoms with Gasteiger partial charge in [-0.3, -0.25) is 14.2 Å². The number of rotatable bonds is 5. The van der Waals surface area contributed by atoms with Crippen LogP contribution in [0.15, 0.2) is 30.5 Å². The predicted octanol–water partition coefficient (Wildman–Crippen LogP) is 4.67. The van der Waals surface area contributed by atoms with E-state index in [-0.39, 0.29) is 5.69 Å². The minimum atomic E-state index is -0.401. The van der Waals surface area contributed by atoms with Crippen molar-refractivity contribution in [3.8, 4) is 0 Å². The summed E-state index contributed by atoms with van der Waals surface area (Å²) in [6.07, 6.45) is 1.62. The highest BCUT2D eigenvalue weighted by molar-refractivity contribution is 6.42. The van der Waals surface area contributed by atoms with E-state index in [1.807, 2.05) is 19.9 Å². The van der Waals surface area contributed by atoms with Gasteiger partial charge in [0.15, 0.2) is 11.5 Å². The summed E-state index contributed by atoms with van der Waals surface area (Å²) in [5, 5.41) is 12.6. The standard InChI is InChI=1S/C17H16Cl3N5O/c1-3-24-9-14(20)16(23-24)17(26)21-15-6-10(2)25(22-15)8-11-4-5-12(18)13(19)7-11/h4-7,9H,3,8H2,1-2H3,(H,21,22,26). The van der Waals surface area contributed by atoms with Gasteiger partial charge in [-0.15, -0.1) is 0 Å². The van der Waals surface area contributed by atoms with E-state index in [2.05, 4.69) is 15.5 Å². The molecule has 0 bridgehead atoms. The van der Waals surface area contributed by atoms with E-state index >= 15 is 0 Å². The summed E-state index contributed by atoms with van der Waals surface area (Å²) in [4.78, 5) is 12.4. The number of aryl methyl sites for hydroxylation is 2. The largest absolute Gasteiger partial charge is 0.304 e. The molecule has 0 fully saturated rings. The van der Waals surface area contributed by atoms with Crippen LogP contribution in [-0.2, 0) is 13.1 Å². The minimum Gasteiger partial charge on any atom is -0.304 e. The first kappa shape index (κ1) is 18.8. The molecule has 2 aromatic heterocycles. The predicted molar refractivity (Wildman–Crippen MR) is 103 cm³/mol. The molecule has 0 aliphatic heterocycles. The van der Waals surface area contributed by atoms with E-state index in [9.17, 15) is 4.79 Å². The second kappa shape index (κ2) is 7.70. The van der Waals surface area contributed by atoms with Crippen LogP contribution in [-0.4, -0.2) is 25.5 Å². The summed E-state index contributed by atoms with van der Waals surface area (Å²) in [6, 6.07) is 7.19. The Morgan fingerprint density at radius 3 is 2.54 bits per heavy atom. The summed E-state index contributed by atoms with van der Waals surface area (Å²) < 4.78 is 3.37. The monoisotopic (exact) mass is 411 g/mol. The lowest BCUT2D eigenvalue weighted by Crippen LogP contribution is -2.14. The topological polar surface area (TPSA) is 64.7 Å². The van der Waals surface area contributed by atoms with Crippen LogP contribution < -0.4 is 5.32 Å². The summed E-state index contributed by atoms with van der Waals surface area (Å²) in [5.74, 6) is 0.0241. The van der Waals surface area contributed by atoms with Crippen LogP contribution in [0.4, 0.5) is 5.82 Å². The molecule has 6 nitrogen and oxygen atoms in total. The zero-order chi connectivity index (χ0) is 18.8. The molecular weight excluding hydrogens is 397 g/mol. The van der Waals surface area contributed by atoms with Crippen LogP contribution in [0.2, 0.25) is 15.1 Å². The zero-order valence-electron chi connectivity index (χ0n) is 14.1. The Morgan fingerprint density at radius 1 is 1.12 bits per heavy atom. The van der Waals surface area contributed by atoms with Crippen molar-refractivity contribution in [3.05, 3.63) is 62.5 Å². The van der Waals surface area contributed by atoms with Crippen molar-refractivity contribution >= 4 is 46.5 Å². The van der Waals surface area contributed by atoms with Gasteiger partial charge < -0.3 is 5.32 Å². The molecular formula is C17H16Cl3N5O. The fraction of sp³-hybridized carbons (Fsp3) is 0.235. The van der Waals surface area contributed by atoms with Crippen molar-refractivity contribution < 1.29 is 4.79 Å². The molecule has 0 saturated carbocycles. The van der Waals surface area contributed by atoms with E-state index in [4.69, 9.17) is 34.8 Å². The molecule has 0 saturated heterocycles. The number of hydrogen-bond acceptors (Lipinski definition) is 3. The van der Waals surface area contributed by atoms with Crippen LogP contribution in [0.3, 0.4) is 0 Å². The van der Waals surface area contributed by atoms with E-state index in [1.54, 1.807) is 33.8 Å².